The lowest BCUT2D eigenvalue weighted by Crippen LogP contribution is -2.46. The molecule has 3 aliphatic rings. The molecule has 0 amide bonds. The summed E-state index contributed by atoms with van der Waals surface area (Å²) in [6, 6.07) is 6.66. The van der Waals surface area contributed by atoms with E-state index in [-0.39, 0.29) is 24.0 Å². The number of morpholine rings is 1. The van der Waals surface area contributed by atoms with E-state index in [9.17, 15) is 0 Å². The lowest BCUT2D eigenvalue weighted by atomic mass is 10.2. The molecular weight excluding hydrogens is 447 g/mol. The first-order valence-corrected chi connectivity index (χ1v) is 8.99. The van der Waals surface area contributed by atoms with Gasteiger partial charge in [0.25, 0.3) is 0 Å². The van der Waals surface area contributed by atoms with Gasteiger partial charge in [0, 0.05) is 45.8 Å². The number of benzene rings is 1. The second-order valence-corrected chi connectivity index (χ2v) is 6.63. The van der Waals surface area contributed by atoms with Crippen LogP contribution in [-0.4, -0.2) is 75.0 Å². The zero-order valence-electron chi connectivity index (χ0n) is 15.1. The van der Waals surface area contributed by atoms with E-state index in [2.05, 4.69) is 26.2 Å². The maximum absolute atomic E-state index is 5.46. The third-order valence-corrected chi connectivity index (χ3v) is 5.12. The maximum Gasteiger partial charge on any atom is 0.231 e. The maximum atomic E-state index is 5.46. The van der Waals surface area contributed by atoms with E-state index < -0.39 is 0 Å². The van der Waals surface area contributed by atoms with Gasteiger partial charge in [0.15, 0.2) is 17.5 Å². The van der Waals surface area contributed by atoms with Gasteiger partial charge in [-0.15, -0.1) is 24.0 Å². The Morgan fingerprint density at radius 3 is 2.81 bits per heavy atom. The molecule has 0 spiro atoms. The van der Waals surface area contributed by atoms with E-state index in [4.69, 9.17) is 14.2 Å². The van der Waals surface area contributed by atoms with Crippen LogP contribution in [0.15, 0.2) is 23.2 Å². The van der Waals surface area contributed by atoms with E-state index >= 15 is 0 Å². The fraction of sp³-hybridized carbons (Fsp3) is 0.611. The molecule has 1 unspecified atom stereocenters. The number of nitrogens with one attached hydrogen (secondary N) is 1. The zero-order valence-corrected chi connectivity index (χ0v) is 17.5. The zero-order chi connectivity index (χ0) is 17.1. The third kappa shape index (κ3) is 4.34. The molecular formula is C18H27IN4O3. The molecule has 3 heterocycles. The molecule has 0 bridgehead atoms. The quantitative estimate of drug-likeness (QED) is 0.408. The van der Waals surface area contributed by atoms with E-state index in [0.717, 1.165) is 69.0 Å². The number of rotatable bonds is 3. The minimum Gasteiger partial charge on any atom is -0.454 e. The van der Waals surface area contributed by atoms with Gasteiger partial charge in [0.2, 0.25) is 6.79 Å². The summed E-state index contributed by atoms with van der Waals surface area (Å²) in [4.78, 5) is 9.37. The Kier molecular flexibility index (Phi) is 6.82. The first-order chi connectivity index (χ1) is 12.3. The van der Waals surface area contributed by atoms with Crippen molar-refractivity contribution in [3.63, 3.8) is 0 Å². The number of fused-ring (bicyclic) bond motifs is 1. The number of aliphatic imine (C=N–C) groups is 1. The first kappa shape index (κ1) is 19.5. The topological polar surface area (TPSA) is 58.6 Å². The molecule has 1 aromatic rings. The molecule has 1 atom stereocenters. The molecule has 0 aliphatic carbocycles. The lowest BCUT2D eigenvalue weighted by molar-refractivity contribution is 0.0195. The van der Waals surface area contributed by atoms with Gasteiger partial charge in [0.1, 0.15) is 0 Å². The average molecular weight is 474 g/mol. The molecule has 0 radical (unpaired) electrons. The molecule has 2 fully saturated rings. The molecule has 2 saturated heterocycles. The number of guanidine groups is 1. The first-order valence-electron chi connectivity index (χ1n) is 8.99. The predicted molar refractivity (Wildman–Crippen MR) is 111 cm³/mol. The Hall–Kier alpha value is -1.26. The normalized spacial score (nSPS) is 23.0. The number of hydrogen-bond donors (Lipinski definition) is 1. The van der Waals surface area contributed by atoms with Gasteiger partial charge in [-0.05, 0) is 24.1 Å². The van der Waals surface area contributed by atoms with Crippen molar-refractivity contribution in [3.8, 4) is 11.5 Å². The van der Waals surface area contributed by atoms with E-state index in [1.165, 1.54) is 6.42 Å². The molecule has 1 aromatic carbocycles. The van der Waals surface area contributed by atoms with Crippen LogP contribution in [0.2, 0.25) is 0 Å². The SMILES string of the molecule is CN=C(NCc1ccc2c(c1)OCO2)N1CCC(N2CCOCC2)C1.I. The van der Waals surface area contributed by atoms with E-state index in [0.29, 0.717) is 12.8 Å². The third-order valence-electron chi connectivity index (χ3n) is 5.12. The van der Waals surface area contributed by atoms with Crippen LogP contribution in [0.1, 0.15) is 12.0 Å². The van der Waals surface area contributed by atoms with Gasteiger partial charge in [-0.25, -0.2) is 0 Å². The second kappa shape index (κ2) is 9.09. The Morgan fingerprint density at radius 1 is 1.19 bits per heavy atom. The van der Waals surface area contributed by atoms with Crippen LogP contribution in [0.3, 0.4) is 0 Å². The van der Waals surface area contributed by atoms with Crippen LogP contribution >= 0.6 is 24.0 Å². The van der Waals surface area contributed by atoms with Gasteiger partial charge in [-0.2, -0.15) is 0 Å². The van der Waals surface area contributed by atoms with Crippen molar-refractivity contribution in [1.29, 1.82) is 0 Å². The Bertz CT molecular complexity index is 637. The van der Waals surface area contributed by atoms with Crippen molar-refractivity contribution in [2.24, 2.45) is 4.99 Å². The molecule has 7 nitrogen and oxygen atoms in total. The van der Waals surface area contributed by atoms with Crippen molar-refractivity contribution in [2.45, 2.75) is 19.0 Å². The summed E-state index contributed by atoms with van der Waals surface area (Å²) in [5.41, 5.74) is 1.16. The number of hydrogen-bond acceptors (Lipinski definition) is 5. The number of halogens is 1. The summed E-state index contributed by atoms with van der Waals surface area (Å²) in [5, 5.41) is 3.48. The highest BCUT2D eigenvalue weighted by molar-refractivity contribution is 14.0. The number of ether oxygens (including phenoxy) is 3. The summed E-state index contributed by atoms with van der Waals surface area (Å²) >= 11 is 0. The van der Waals surface area contributed by atoms with Crippen molar-refractivity contribution < 1.29 is 14.2 Å². The van der Waals surface area contributed by atoms with Crippen molar-refractivity contribution in [3.05, 3.63) is 23.8 Å². The molecule has 4 rings (SSSR count). The van der Waals surface area contributed by atoms with Gasteiger partial charge < -0.3 is 24.4 Å². The summed E-state index contributed by atoms with van der Waals surface area (Å²) in [5.74, 6) is 2.61. The lowest BCUT2D eigenvalue weighted by Gasteiger charge is -2.32. The molecule has 0 aromatic heterocycles. The van der Waals surface area contributed by atoms with Gasteiger partial charge >= 0.3 is 0 Å². The highest BCUT2D eigenvalue weighted by Gasteiger charge is 2.30. The molecule has 0 saturated carbocycles. The van der Waals surface area contributed by atoms with Crippen LogP contribution in [0.5, 0.6) is 11.5 Å². The van der Waals surface area contributed by atoms with Crippen molar-refractivity contribution in [1.82, 2.24) is 15.1 Å². The second-order valence-electron chi connectivity index (χ2n) is 6.63. The van der Waals surface area contributed by atoms with Gasteiger partial charge in [0.05, 0.1) is 13.2 Å². The Labute approximate surface area is 171 Å². The predicted octanol–water partition coefficient (Wildman–Crippen LogP) is 1.52. The van der Waals surface area contributed by atoms with Crippen LogP contribution < -0.4 is 14.8 Å². The Morgan fingerprint density at radius 2 is 2.00 bits per heavy atom. The van der Waals surface area contributed by atoms with Crippen LogP contribution in [0.25, 0.3) is 0 Å². The van der Waals surface area contributed by atoms with E-state index in [1.807, 2.05) is 19.2 Å². The van der Waals surface area contributed by atoms with Crippen molar-refractivity contribution >= 4 is 29.9 Å². The largest absolute Gasteiger partial charge is 0.454 e. The molecule has 1 N–H and O–H groups in total. The fourth-order valence-electron chi connectivity index (χ4n) is 3.74. The van der Waals surface area contributed by atoms with Gasteiger partial charge in [-0.1, -0.05) is 6.07 Å². The summed E-state index contributed by atoms with van der Waals surface area (Å²) in [6.45, 7) is 6.90. The highest BCUT2D eigenvalue weighted by atomic mass is 127. The van der Waals surface area contributed by atoms with Crippen LogP contribution in [0.4, 0.5) is 0 Å². The Balaban J connectivity index is 0.00000196. The molecule has 26 heavy (non-hydrogen) atoms. The smallest absolute Gasteiger partial charge is 0.231 e. The highest BCUT2D eigenvalue weighted by Crippen LogP contribution is 2.32. The van der Waals surface area contributed by atoms with Gasteiger partial charge in [-0.3, -0.25) is 9.89 Å². The van der Waals surface area contributed by atoms with E-state index in [1.54, 1.807) is 0 Å². The standard InChI is InChI=1S/C18H26N4O3.HI/c1-19-18(20-11-14-2-3-16-17(10-14)25-13-24-16)22-5-4-15(12-22)21-6-8-23-9-7-21;/h2-3,10,15H,4-9,11-13H2,1H3,(H,19,20);1H. The average Bonchev–Trinajstić information content (AvgIpc) is 3.32. The molecule has 8 heteroatoms. The molecule has 144 valence electrons. The molecule has 3 aliphatic heterocycles. The fourth-order valence-corrected chi connectivity index (χ4v) is 3.74. The number of nitrogens with zero attached hydrogens (tertiary/aromatic N) is 3. The summed E-state index contributed by atoms with van der Waals surface area (Å²) < 4.78 is 16.3. The summed E-state index contributed by atoms with van der Waals surface area (Å²) in [7, 11) is 1.85. The number of likely N-dealkylation sites (tertiary alicyclic amines) is 1. The minimum absolute atomic E-state index is 0. The monoisotopic (exact) mass is 474 g/mol. The van der Waals surface area contributed by atoms with Crippen LogP contribution in [-0.2, 0) is 11.3 Å². The summed E-state index contributed by atoms with van der Waals surface area (Å²) in [6.07, 6.45) is 1.19. The van der Waals surface area contributed by atoms with Crippen molar-refractivity contribution in [2.75, 3.05) is 53.2 Å². The minimum atomic E-state index is 0. The van der Waals surface area contributed by atoms with Crippen LogP contribution in [0, 0.1) is 0 Å².